The van der Waals surface area contributed by atoms with Crippen molar-refractivity contribution in [2.45, 2.75) is 20.0 Å². The smallest absolute Gasteiger partial charge is 0.326 e. The molecule has 116 valence electrons. The first kappa shape index (κ1) is 16.6. The number of hydrogen-bond acceptors (Lipinski definition) is 5. The molecule has 2 rings (SSSR count). The Labute approximate surface area is 137 Å². The van der Waals surface area contributed by atoms with E-state index in [2.05, 4.69) is 0 Å². The van der Waals surface area contributed by atoms with Gasteiger partial charge in [-0.25, -0.2) is 0 Å². The zero-order valence-electron chi connectivity index (χ0n) is 12.0. The summed E-state index contributed by atoms with van der Waals surface area (Å²) in [5.74, 6) is -1.10. The number of ether oxygens (including phenoxy) is 1. The molecule has 1 saturated heterocycles. The van der Waals surface area contributed by atoms with Gasteiger partial charge in [-0.1, -0.05) is 23.7 Å². The summed E-state index contributed by atoms with van der Waals surface area (Å²) < 4.78 is 4.95. The molecule has 0 spiro atoms. The molecule has 1 aromatic carbocycles. The molecule has 1 aliphatic rings. The quantitative estimate of drug-likeness (QED) is 0.622. The number of amides is 2. The van der Waals surface area contributed by atoms with Gasteiger partial charge in [-0.15, -0.1) is 0 Å². The Morgan fingerprint density at radius 1 is 1.32 bits per heavy atom. The molecule has 1 heterocycles. The molecule has 5 nitrogen and oxygen atoms in total. The monoisotopic (exact) mass is 339 g/mol. The van der Waals surface area contributed by atoms with E-state index in [0.29, 0.717) is 5.02 Å². The van der Waals surface area contributed by atoms with Gasteiger partial charge in [-0.05, 0) is 49.4 Å². The van der Waals surface area contributed by atoms with Crippen LogP contribution in [-0.2, 0) is 14.3 Å². The maximum atomic E-state index is 12.2. The number of carbonyl (C=O) groups excluding carboxylic acids is 3. The average Bonchev–Trinajstić information content (AvgIpc) is 2.68. The van der Waals surface area contributed by atoms with Gasteiger partial charge < -0.3 is 4.74 Å². The van der Waals surface area contributed by atoms with Gasteiger partial charge in [0, 0.05) is 5.02 Å². The summed E-state index contributed by atoms with van der Waals surface area (Å²) in [5.41, 5.74) is 0.750. The van der Waals surface area contributed by atoms with E-state index in [4.69, 9.17) is 16.3 Å². The molecule has 22 heavy (non-hydrogen) atoms. The third-order valence-corrected chi connectivity index (χ3v) is 3.86. The summed E-state index contributed by atoms with van der Waals surface area (Å²) in [6.45, 7) is 3.03. The van der Waals surface area contributed by atoms with Crippen LogP contribution in [0.1, 0.15) is 19.4 Å². The van der Waals surface area contributed by atoms with Crippen LogP contribution in [0.25, 0.3) is 6.08 Å². The molecule has 0 unspecified atom stereocenters. The van der Waals surface area contributed by atoms with E-state index in [1.54, 1.807) is 44.2 Å². The third kappa shape index (κ3) is 4.11. The zero-order valence-corrected chi connectivity index (χ0v) is 13.6. The lowest BCUT2D eigenvalue weighted by molar-refractivity contribution is -0.149. The molecular formula is C15H14ClNO4S. The fourth-order valence-corrected chi connectivity index (χ4v) is 2.74. The molecule has 0 bridgehead atoms. The largest absolute Gasteiger partial charge is 0.462 e. The molecule has 0 aromatic heterocycles. The Hall–Kier alpha value is -1.79. The Morgan fingerprint density at radius 2 is 1.95 bits per heavy atom. The third-order valence-electron chi connectivity index (χ3n) is 2.70. The van der Waals surface area contributed by atoms with Gasteiger partial charge in [-0.2, -0.15) is 0 Å². The predicted molar refractivity (Wildman–Crippen MR) is 85.4 cm³/mol. The van der Waals surface area contributed by atoms with Crippen molar-refractivity contribution in [1.82, 2.24) is 4.90 Å². The van der Waals surface area contributed by atoms with Gasteiger partial charge in [0.25, 0.3) is 11.1 Å². The molecule has 1 fully saturated rings. The minimum Gasteiger partial charge on any atom is -0.462 e. The Kier molecular flexibility index (Phi) is 5.26. The van der Waals surface area contributed by atoms with Crippen molar-refractivity contribution in [2.24, 2.45) is 0 Å². The highest BCUT2D eigenvalue weighted by Gasteiger charge is 2.36. The number of carbonyl (C=O) groups is 3. The van der Waals surface area contributed by atoms with E-state index in [9.17, 15) is 14.4 Å². The maximum Gasteiger partial charge on any atom is 0.326 e. The molecule has 1 aromatic rings. The van der Waals surface area contributed by atoms with E-state index in [1.165, 1.54) is 0 Å². The van der Waals surface area contributed by atoms with Crippen LogP contribution >= 0.6 is 23.4 Å². The molecule has 2 amide bonds. The van der Waals surface area contributed by atoms with Gasteiger partial charge in [0.2, 0.25) is 0 Å². The molecule has 7 heteroatoms. The zero-order chi connectivity index (χ0) is 16.3. The number of rotatable bonds is 4. The molecule has 0 N–H and O–H groups in total. The lowest BCUT2D eigenvalue weighted by atomic mass is 10.2. The highest BCUT2D eigenvalue weighted by Crippen LogP contribution is 2.32. The standard InChI is InChI=1S/C15H14ClNO4S/c1-9(2)21-13(18)8-17-14(19)12(22-15(17)20)7-10-3-5-11(16)6-4-10/h3-7,9H,8H2,1-2H3/b12-7+. The molecule has 0 aliphatic carbocycles. The van der Waals surface area contributed by atoms with Crippen molar-refractivity contribution < 1.29 is 19.1 Å². The minimum atomic E-state index is -0.606. The highest BCUT2D eigenvalue weighted by molar-refractivity contribution is 8.18. The summed E-state index contributed by atoms with van der Waals surface area (Å²) in [5, 5.41) is 0.104. The van der Waals surface area contributed by atoms with Gasteiger partial charge in [-0.3, -0.25) is 19.3 Å². The van der Waals surface area contributed by atoms with Crippen LogP contribution in [0.4, 0.5) is 4.79 Å². The van der Waals surface area contributed by atoms with Crippen LogP contribution in [0.15, 0.2) is 29.2 Å². The van der Waals surface area contributed by atoms with Crippen LogP contribution in [0, 0.1) is 0 Å². The molecular weight excluding hydrogens is 326 g/mol. The second-order valence-corrected chi connectivity index (χ2v) is 6.29. The number of thioether (sulfide) groups is 1. The van der Waals surface area contributed by atoms with Gasteiger partial charge in [0.1, 0.15) is 6.54 Å². The predicted octanol–water partition coefficient (Wildman–Crippen LogP) is 3.33. The first-order valence-corrected chi connectivity index (χ1v) is 7.76. The second-order valence-electron chi connectivity index (χ2n) is 4.86. The van der Waals surface area contributed by atoms with Crippen LogP contribution in [-0.4, -0.2) is 34.7 Å². The first-order chi connectivity index (χ1) is 10.4. The fraction of sp³-hybridized carbons (Fsp3) is 0.267. The minimum absolute atomic E-state index is 0.268. The van der Waals surface area contributed by atoms with Gasteiger partial charge in [0.15, 0.2) is 0 Å². The van der Waals surface area contributed by atoms with Crippen LogP contribution < -0.4 is 0 Å². The van der Waals surface area contributed by atoms with Gasteiger partial charge >= 0.3 is 5.97 Å². The molecule has 1 aliphatic heterocycles. The van der Waals surface area contributed by atoms with Crippen LogP contribution in [0.3, 0.4) is 0 Å². The SMILES string of the molecule is CC(C)OC(=O)CN1C(=O)S/C(=C/c2ccc(Cl)cc2)C1=O. The summed E-state index contributed by atoms with van der Waals surface area (Å²) in [4.78, 5) is 36.8. The van der Waals surface area contributed by atoms with Crippen molar-refractivity contribution in [3.05, 3.63) is 39.8 Å². The fourth-order valence-electron chi connectivity index (χ4n) is 1.78. The summed E-state index contributed by atoms with van der Waals surface area (Å²) >= 11 is 6.59. The van der Waals surface area contributed by atoms with Gasteiger partial charge in [0.05, 0.1) is 11.0 Å². The number of esters is 1. The van der Waals surface area contributed by atoms with E-state index in [-0.39, 0.29) is 17.6 Å². The average molecular weight is 340 g/mol. The van der Waals surface area contributed by atoms with Crippen molar-refractivity contribution in [2.75, 3.05) is 6.54 Å². The first-order valence-electron chi connectivity index (χ1n) is 6.57. The maximum absolute atomic E-state index is 12.2. The number of benzene rings is 1. The van der Waals surface area contributed by atoms with E-state index in [0.717, 1.165) is 22.2 Å². The second kappa shape index (κ2) is 6.98. The lowest BCUT2D eigenvalue weighted by Gasteiger charge is -2.13. The Bertz CT molecular complexity index is 639. The van der Waals surface area contributed by atoms with Crippen molar-refractivity contribution in [3.63, 3.8) is 0 Å². The number of imide groups is 1. The lowest BCUT2D eigenvalue weighted by Crippen LogP contribution is -2.35. The number of nitrogens with zero attached hydrogens (tertiary/aromatic N) is 1. The van der Waals surface area contributed by atoms with Crippen molar-refractivity contribution in [1.29, 1.82) is 0 Å². The van der Waals surface area contributed by atoms with Crippen LogP contribution in [0.5, 0.6) is 0 Å². The molecule has 0 saturated carbocycles. The Morgan fingerprint density at radius 3 is 2.55 bits per heavy atom. The van der Waals surface area contributed by atoms with E-state index < -0.39 is 17.1 Å². The van der Waals surface area contributed by atoms with Crippen LogP contribution in [0.2, 0.25) is 5.02 Å². The highest BCUT2D eigenvalue weighted by atomic mass is 35.5. The summed E-state index contributed by atoms with van der Waals surface area (Å²) in [6, 6.07) is 6.86. The van der Waals surface area contributed by atoms with E-state index >= 15 is 0 Å². The van der Waals surface area contributed by atoms with Crippen molar-refractivity contribution in [3.8, 4) is 0 Å². The summed E-state index contributed by atoms with van der Waals surface area (Å²) in [6.07, 6.45) is 1.30. The molecule has 0 atom stereocenters. The summed E-state index contributed by atoms with van der Waals surface area (Å²) in [7, 11) is 0. The number of hydrogen-bond donors (Lipinski definition) is 0. The molecule has 0 radical (unpaired) electrons. The normalized spacial score (nSPS) is 16.7. The topological polar surface area (TPSA) is 63.7 Å². The van der Waals surface area contributed by atoms with Crippen molar-refractivity contribution >= 4 is 46.6 Å². The number of halogens is 1. The van der Waals surface area contributed by atoms with E-state index in [1.807, 2.05) is 0 Å². The Balaban J connectivity index is 2.11.